The fraction of sp³-hybridized carbons (Fsp3) is 0.0667. The Bertz CT molecular complexity index is 749. The van der Waals surface area contributed by atoms with Crippen LogP contribution in [0.5, 0.6) is 0 Å². The van der Waals surface area contributed by atoms with Crippen LogP contribution in [0, 0.1) is 0 Å². The predicted octanol–water partition coefficient (Wildman–Crippen LogP) is 4.76. The quantitative estimate of drug-likeness (QED) is 0.539. The van der Waals surface area contributed by atoms with Gasteiger partial charge in [-0.25, -0.2) is 5.43 Å². The van der Waals surface area contributed by atoms with E-state index >= 15 is 0 Å². The van der Waals surface area contributed by atoms with E-state index in [0.717, 1.165) is 16.5 Å². The Kier molecular flexibility index (Phi) is 3.96. The Morgan fingerprint density at radius 2 is 1.75 bits per heavy atom. The number of nitrogens with two attached hydrogens (primary N) is 1. The summed E-state index contributed by atoms with van der Waals surface area (Å²) < 4.78 is 1.32. The number of halogens is 2. The monoisotopic (exact) mass is 322 g/mol. The van der Waals surface area contributed by atoms with E-state index in [9.17, 15) is 0 Å². The predicted molar refractivity (Wildman–Crippen MR) is 87.5 cm³/mol. The molecule has 1 heterocycles. The highest BCUT2D eigenvalue weighted by atomic mass is 35.5. The number of benzene rings is 2. The van der Waals surface area contributed by atoms with Crippen LogP contribution in [0.1, 0.15) is 17.2 Å². The van der Waals surface area contributed by atoms with Gasteiger partial charge in [-0.2, -0.15) is 0 Å². The van der Waals surface area contributed by atoms with Crippen LogP contribution in [-0.4, -0.2) is 0 Å². The smallest absolute Gasteiger partial charge is 0.0995 e. The molecule has 3 N–H and O–H groups in total. The highest BCUT2D eigenvalue weighted by Gasteiger charge is 2.20. The molecule has 0 aliphatic carbocycles. The first kappa shape index (κ1) is 13.9. The molecule has 1 unspecified atom stereocenters. The van der Waals surface area contributed by atoms with Gasteiger partial charge >= 0.3 is 0 Å². The number of thiophene rings is 1. The minimum atomic E-state index is -0.183. The minimum Gasteiger partial charge on any atom is -0.271 e. The molecule has 0 spiro atoms. The Morgan fingerprint density at radius 1 is 1.00 bits per heavy atom. The summed E-state index contributed by atoms with van der Waals surface area (Å²) in [6.07, 6.45) is 0. The SMILES string of the molecule is NNC(c1cc(Cl)sc1Cl)c1cccc2ccccc12. The van der Waals surface area contributed by atoms with Crippen molar-refractivity contribution in [3.63, 3.8) is 0 Å². The normalized spacial score (nSPS) is 12.8. The summed E-state index contributed by atoms with van der Waals surface area (Å²) in [6.45, 7) is 0. The van der Waals surface area contributed by atoms with E-state index in [-0.39, 0.29) is 6.04 Å². The molecule has 1 aromatic heterocycles. The standard InChI is InChI=1S/C15H12Cl2N2S/c16-13-8-12(15(17)20-13)14(19-18)11-7-3-5-9-4-1-2-6-10(9)11/h1-8,14,19H,18H2. The van der Waals surface area contributed by atoms with Gasteiger partial charge in [-0.1, -0.05) is 65.7 Å². The average Bonchev–Trinajstić information content (AvgIpc) is 2.79. The molecule has 3 rings (SSSR count). The number of hydrazine groups is 1. The lowest BCUT2D eigenvalue weighted by molar-refractivity contribution is 0.643. The van der Waals surface area contributed by atoms with Gasteiger partial charge in [-0.3, -0.25) is 5.84 Å². The number of rotatable bonds is 3. The van der Waals surface area contributed by atoms with Crippen LogP contribution in [0.15, 0.2) is 48.5 Å². The zero-order chi connectivity index (χ0) is 14.1. The largest absolute Gasteiger partial charge is 0.271 e. The number of nitrogens with one attached hydrogen (secondary N) is 1. The average molecular weight is 323 g/mol. The Morgan fingerprint density at radius 3 is 2.45 bits per heavy atom. The molecular weight excluding hydrogens is 311 g/mol. The van der Waals surface area contributed by atoms with Crippen molar-refractivity contribution >= 4 is 45.3 Å². The zero-order valence-corrected chi connectivity index (χ0v) is 12.8. The molecule has 0 amide bonds. The van der Waals surface area contributed by atoms with Crippen molar-refractivity contribution in [3.05, 3.63) is 68.3 Å². The highest BCUT2D eigenvalue weighted by molar-refractivity contribution is 7.20. The fourth-order valence-electron chi connectivity index (χ4n) is 2.40. The van der Waals surface area contributed by atoms with Crippen molar-refractivity contribution in [2.75, 3.05) is 0 Å². The van der Waals surface area contributed by atoms with E-state index in [1.807, 2.05) is 24.3 Å². The van der Waals surface area contributed by atoms with E-state index in [2.05, 4.69) is 29.7 Å². The fourth-order valence-corrected chi connectivity index (χ4v) is 3.93. The van der Waals surface area contributed by atoms with E-state index in [0.29, 0.717) is 8.67 Å². The maximum atomic E-state index is 6.26. The molecule has 3 aromatic rings. The molecular formula is C15H12Cl2N2S. The van der Waals surface area contributed by atoms with E-state index in [1.54, 1.807) is 0 Å². The first-order chi connectivity index (χ1) is 9.70. The van der Waals surface area contributed by atoms with Crippen LogP contribution in [0.4, 0.5) is 0 Å². The third-order valence-electron chi connectivity index (χ3n) is 3.30. The van der Waals surface area contributed by atoms with Crippen LogP contribution in [0.25, 0.3) is 10.8 Å². The molecule has 0 aliphatic heterocycles. The molecule has 0 saturated heterocycles. The van der Waals surface area contributed by atoms with Gasteiger partial charge in [0.25, 0.3) is 0 Å². The third kappa shape index (κ3) is 2.43. The van der Waals surface area contributed by atoms with Crippen molar-refractivity contribution in [2.45, 2.75) is 6.04 Å². The number of fused-ring (bicyclic) bond motifs is 1. The minimum absolute atomic E-state index is 0.183. The lowest BCUT2D eigenvalue weighted by atomic mass is 9.96. The summed E-state index contributed by atoms with van der Waals surface area (Å²) in [4.78, 5) is 0. The molecule has 5 heteroatoms. The topological polar surface area (TPSA) is 38.0 Å². The molecule has 1 atom stereocenters. The Hall–Kier alpha value is -1.10. The first-order valence-corrected chi connectivity index (χ1v) is 7.66. The van der Waals surface area contributed by atoms with Crippen LogP contribution in [-0.2, 0) is 0 Å². The summed E-state index contributed by atoms with van der Waals surface area (Å²) in [5, 5.41) is 2.32. The molecule has 102 valence electrons. The van der Waals surface area contributed by atoms with Gasteiger partial charge < -0.3 is 0 Å². The molecule has 0 radical (unpaired) electrons. The van der Waals surface area contributed by atoms with Crippen molar-refractivity contribution < 1.29 is 0 Å². The van der Waals surface area contributed by atoms with E-state index in [4.69, 9.17) is 29.0 Å². The van der Waals surface area contributed by atoms with Crippen LogP contribution in [0.3, 0.4) is 0 Å². The van der Waals surface area contributed by atoms with E-state index < -0.39 is 0 Å². The zero-order valence-electron chi connectivity index (χ0n) is 10.4. The van der Waals surface area contributed by atoms with Crippen molar-refractivity contribution in [1.82, 2.24) is 5.43 Å². The molecule has 0 fully saturated rings. The summed E-state index contributed by atoms with van der Waals surface area (Å²) in [7, 11) is 0. The second-order valence-corrected chi connectivity index (χ2v) is 6.73. The molecule has 2 nitrogen and oxygen atoms in total. The second kappa shape index (κ2) is 5.72. The Labute approximate surface area is 131 Å². The number of hydrogen-bond acceptors (Lipinski definition) is 3. The van der Waals surface area contributed by atoms with Crippen molar-refractivity contribution in [3.8, 4) is 0 Å². The van der Waals surface area contributed by atoms with Gasteiger partial charge in [0.1, 0.15) is 0 Å². The summed E-state index contributed by atoms with van der Waals surface area (Å²) in [5.74, 6) is 5.76. The second-order valence-electron chi connectivity index (χ2n) is 4.45. The van der Waals surface area contributed by atoms with Crippen LogP contribution in [0.2, 0.25) is 8.67 Å². The van der Waals surface area contributed by atoms with Gasteiger partial charge in [-0.15, -0.1) is 11.3 Å². The Balaban J connectivity index is 2.19. The summed E-state index contributed by atoms with van der Waals surface area (Å²) in [5.41, 5.74) is 4.83. The van der Waals surface area contributed by atoms with Gasteiger partial charge in [-0.05, 0) is 22.4 Å². The lowest BCUT2D eigenvalue weighted by Gasteiger charge is -2.18. The molecule has 0 aliphatic rings. The van der Waals surface area contributed by atoms with Crippen LogP contribution < -0.4 is 11.3 Å². The molecule has 0 saturated carbocycles. The van der Waals surface area contributed by atoms with Crippen LogP contribution >= 0.6 is 34.5 Å². The molecule has 0 bridgehead atoms. The highest BCUT2D eigenvalue weighted by Crippen LogP contribution is 2.38. The number of hydrogen-bond donors (Lipinski definition) is 2. The van der Waals surface area contributed by atoms with Gasteiger partial charge in [0.2, 0.25) is 0 Å². The maximum absolute atomic E-state index is 6.26. The van der Waals surface area contributed by atoms with Crippen molar-refractivity contribution in [1.29, 1.82) is 0 Å². The molecule has 20 heavy (non-hydrogen) atoms. The third-order valence-corrected chi connectivity index (χ3v) is 4.81. The van der Waals surface area contributed by atoms with Gasteiger partial charge in [0, 0.05) is 5.56 Å². The van der Waals surface area contributed by atoms with Gasteiger partial charge in [0.05, 0.1) is 14.7 Å². The summed E-state index contributed by atoms with van der Waals surface area (Å²) >= 11 is 13.6. The maximum Gasteiger partial charge on any atom is 0.0995 e. The van der Waals surface area contributed by atoms with Gasteiger partial charge in [0.15, 0.2) is 0 Å². The first-order valence-electron chi connectivity index (χ1n) is 6.09. The van der Waals surface area contributed by atoms with E-state index in [1.165, 1.54) is 16.7 Å². The molecule has 2 aromatic carbocycles. The van der Waals surface area contributed by atoms with Crippen molar-refractivity contribution in [2.24, 2.45) is 5.84 Å². The summed E-state index contributed by atoms with van der Waals surface area (Å²) in [6, 6.07) is 16.0. The lowest BCUT2D eigenvalue weighted by Crippen LogP contribution is -2.28.